The van der Waals surface area contributed by atoms with E-state index in [4.69, 9.17) is 0 Å². The van der Waals surface area contributed by atoms with Crippen molar-refractivity contribution in [2.24, 2.45) is 12.0 Å². The van der Waals surface area contributed by atoms with Crippen molar-refractivity contribution >= 4 is 5.71 Å². The number of allylic oxidation sites excluding steroid dienone is 2. The molecule has 0 spiro atoms. The van der Waals surface area contributed by atoms with E-state index in [1.807, 2.05) is 40.0 Å². The molecule has 1 aromatic heterocycles. The van der Waals surface area contributed by atoms with Crippen molar-refractivity contribution in [3.8, 4) is 0 Å². The first-order valence-electron chi connectivity index (χ1n) is 5.63. The van der Waals surface area contributed by atoms with Gasteiger partial charge in [-0.3, -0.25) is 4.99 Å². The first-order chi connectivity index (χ1) is 7.69. The van der Waals surface area contributed by atoms with Crippen LogP contribution in [-0.4, -0.2) is 10.3 Å². The second-order valence-corrected chi connectivity index (χ2v) is 3.21. The van der Waals surface area contributed by atoms with Crippen LogP contribution in [0.3, 0.4) is 0 Å². The van der Waals surface area contributed by atoms with Gasteiger partial charge in [0.2, 0.25) is 0 Å². The van der Waals surface area contributed by atoms with Gasteiger partial charge in [0.15, 0.2) is 0 Å². The van der Waals surface area contributed by atoms with E-state index in [-0.39, 0.29) is 0 Å². The molecule has 1 rings (SSSR count). The van der Waals surface area contributed by atoms with Crippen LogP contribution in [0.25, 0.3) is 0 Å². The third-order valence-corrected chi connectivity index (χ3v) is 1.96. The zero-order chi connectivity index (χ0) is 12.6. The van der Waals surface area contributed by atoms with Crippen molar-refractivity contribution < 1.29 is 0 Å². The lowest BCUT2D eigenvalue weighted by atomic mass is 10.2. The highest BCUT2D eigenvalue weighted by Gasteiger charge is 2.04. The van der Waals surface area contributed by atoms with Gasteiger partial charge >= 0.3 is 0 Å². The van der Waals surface area contributed by atoms with E-state index in [0.717, 1.165) is 11.4 Å². The van der Waals surface area contributed by atoms with E-state index in [2.05, 4.69) is 35.3 Å². The van der Waals surface area contributed by atoms with Gasteiger partial charge < -0.3 is 4.57 Å². The van der Waals surface area contributed by atoms with Crippen LogP contribution in [0.15, 0.2) is 42.2 Å². The number of aliphatic imine (C=N–C) groups is 1. The third-order valence-electron chi connectivity index (χ3n) is 1.96. The average Bonchev–Trinajstić information content (AvgIpc) is 2.60. The van der Waals surface area contributed by atoms with Crippen molar-refractivity contribution in [1.82, 2.24) is 4.57 Å². The summed E-state index contributed by atoms with van der Waals surface area (Å²) >= 11 is 0. The molecular formula is C14H22N2. The molecule has 2 nitrogen and oxygen atoms in total. The standard InChI is InChI=1S/C12H16N2.C2H6/c1-5-7-11(13-6-2)12-8-10(3)9-14(12)4;1-2/h5-9H,2H2,1,3-4H3;1-2H3/b7-5-,13-11?;. The summed E-state index contributed by atoms with van der Waals surface area (Å²) < 4.78 is 2.07. The largest absolute Gasteiger partial charge is 0.349 e. The molecule has 0 atom stereocenters. The molecule has 0 N–H and O–H groups in total. The van der Waals surface area contributed by atoms with Crippen molar-refractivity contribution in [3.63, 3.8) is 0 Å². The Morgan fingerprint density at radius 3 is 2.44 bits per heavy atom. The fraction of sp³-hybridized carbons (Fsp3) is 0.357. The number of aryl methyl sites for hydroxylation is 2. The third kappa shape index (κ3) is 3.89. The first-order valence-corrected chi connectivity index (χ1v) is 5.63. The summed E-state index contributed by atoms with van der Waals surface area (Å²) in [4.78, 5) is 4.23. The molecule has 0 radical (unpaired) electrons. The molecule has 1 heterocycles. The predicted molar refractivity (Wildman–Crippen MR) is 73.0 cm³/mol. The quantitative estimate of drug-likeness (QED) is 0.685. The molecule has 2 heteroatoms. The summed E-state index contributed by atoms with van der Waals surface area (Å²) in [5.74, 6) is 0. The Bertz CT molecular complexity index is 381. The Kier molecular flexibility index (Phi) is 6.93. The van der Waals surface area contributed by atoms with Crippen LogP contribution in [0, 0.1) is 6.92 Å². The summed E-state index contributed by atoms with van der Waals surface area (Å²) in [6.07, 6.45) is 7.61. The topological polar surface area (TPSA) is 17.3 Å². The SMILES string of the molecule is C=CN=C(/C=C\C)c1cc(C)cn1C.CC. The fourth-order valence-electron chi connectivity index (χ4n) is 1.44. The monoisotopic (exact) mass is 218 g/mol. The smallest absolute Gasteiger partial charge is 0.0862 e. The number of rotatable bonds is 3. The second-order valence-electron chi connectivity index (χ2n) is 3.21. The average molecular weight is 218 g/mol. The van der Waals surface area contributed by atoms with Crippen LogP contribution in [-0.2, 0) is 7.05 Å². The highest BCUT2D eigenvalue weighted by atomic mass is 14.9. The molecule has 0 fully saturated rings. The van der Waals surface area contributed by atoms with Crippen molar-refractivity contribution in [1.29, 1.82) is 0 Å². The molecule has 16 heavy (non-hydrogen) atoms. The van der Waals surface area contributed by atoms with Crippen LogP contribution in [0.1, 0.15) is 32.0 Å². The van der Waals surface area contributed by atoms with E-state index in [1.54, 1.807) is 6.20 Å². The van der Waals surface area contributed by atoms with Crippen molar-refractivity contribution in [3.05, 3.63) is 48.5 Å². The Hall–Kier alpha value is -1.57. The lowest BCUT2D eigenvalue weighted by molar-refractivity contribution is 0.912. The Morgan fingerprint density at radius 1 is 1.44 bits per heavy atom. The Balaban J connectivity index is 0.00000106. The summed E-state index contributed by atoms with van der Waals surface area (Å²) in [5, 5.41) is 0. The maximum Gasteiger partial charge on any atom is 0.0862 e. The molecule has 0 bridgehead atoms. The molecule has 0 aliphatic rings. The van der Waals surface area contributed by atoms with Crippen LogP contribution in [0.2, 0.25) is 0 Å². The van der Waals surface area contributed by atoms with E-state index in [9.17, 15) is 0 Å². The zero-order valence-corrected chi connectivity index (χ0v) is 11.0. The molecule has 0 amide bonds. The minimum absolute atomic E-state index is 0.943. The molecule has 0 aromatic carbocycles. The maximum atomic E-state index is 4.23. The van der Waals surface area contributed by atoms with Crippen LogP contribution >= 0.6 is 0 Å². The van der Waals surface area contributed by atoms with Crippen molar-refractivity contribution in [2.75, 3.05) is 0 Å². The first kappa shape index (κ1) is 14.4. The van der Waals surface area contributed by atoms with Gasteiger partial charge in [-0.2, -0.15) is 0 Å². The summed E-state index contributed by atoms with van der Waals surface area (Å²) in [6, 6.07) is 2.11. The molecule has 0 saturated heterocycles. The van der Waals surface area contributed by atoms with Gasteiger partial charge in [0.25, 0.3) is 0 Å². The van der Waals surface area contributed by atoms with Gasteiger partial charge in [-0.15, -0.1) is 0 Å². The summed E-state index contributed by atoms with van der Waals surface area (Å²) in [5.41, 5.74) is 3.29. The molecule has 1 aromatic rings. The normalized spacial score (nSPS) is 11.2. The van der Waals surface area contributed by atoms with E-state index < -0.39 is 0 Å². The Labute approximate surface area is 99.0 Å². The van der Waals surface area contributed by atoms with Gasteiger partial charge in [-0.05, 0) is 31.6 Å². The van der Waals surface area contributed by atoms with Gasteiger partial charge in [0.05, 0.1) is 11.4 Å². The van der Waals surface area contributed by atoms with Crippen LogP contribution in [0.4, 0.5) is 0 Å². The zero-order valence-electron chi connectivity index (χ0n) is 11.0. The van der Waals surface area contributed by atoms with E-state index >= 15 is 0 Å². The molecule has 0 aliphatic carbocycles. The van der Waals surface area contributed by atoms with E-state index in [1.165, 1.54) is 5.56 Å². The number of hydrogen-bond acceptors (Lipinski definition) is 1. The molecule has 0 aliphatic heterocycles. The summed E-state index contributed by atoms with van der Waals surface area (Å²) in [7, 11) is 2.02. The lowest BCUT2D eigenvalue weighted by Crippen LogP contribution is -2.02. The molecule has 88 valence electrons. The number of hydrogen-bond donors (Lipinski definition) is 0. The van der Waals surface area contributed by atoms with Crippen LogP contribution in [0.5, 0.6) is 0 Å². The Morgan fingerprint density at radius 2 is 2.06 bits per heavy atom. The van der Waals surface area contributed by atoms with Gasteiger partial charge in [0.1, 0.15) is 0 Å². The molecule has 0 saturated carbocycles. The molecule has 0 unspecified atom stereocenters. The minimum atomic E-state index is 0.943. The lowest BCUT2D eigenvalue weighted by Gasteiger charge is -2.01. The van der Waals surface area contributed by atoms with Crippen molar-refractivity contribution in [2.45, 2.75) is 27.7 Å². The van der Waals surface area contributed by atoms with Gasteiger partial charge in [0, 0.05) is 19.4 Å². The maximum absolute atomic E-state index is 4.23. The summed E-state index contributed by atoms with van der Waals surface area (Å²) in [6.45, 7) is 11.7. The second kappa shape index (κ2) is 7.69. The van der Waals surface area contributed by atoms with Crippen LogP contribution < -0.4 is 0 Å². The predicted octanol–water partition coefficient (Wildman–Crippen LogP) is 3.87. The van der Waals surface area contributed by atoms with Gasteiger partial charge in [-0.1, -0.05) is 26.5 Å². The molecular weight excluding hydrogens is 196 g/mol. The van der Waals surface area contributed by atoms with Gasteiger partial charge in [-0.25, -0.2) is 0 Å². The number of nitrogens with zero attached hydrogens (tertiary/aromatic N) is 2. The minimum Gasteiger partial charge on any atom is -0.349 e. The highest BCUT2D eigenvalue weighted by molar-refractivity contribution is 6.08. The van der Waals surface area contributed by atoms with E-state index in [0.29, 0.717) is 0 Å². The fourth-order valence-corrected chi connectivity index (χ4v) is 1.44. The highest BCUT2D eigenvalue weighted by Crippen LogP contribution is 2.08. The number of aromatic nitrogens is 1.